The van der Waals surface area contributed by atoms with Gasteiger partial charge in [0.25, 0.3) is 7.48 Å². The zero-order valence-corrected chi connectivity index (χ0v) is 15.0. The maximum absolute atomic E-state index is 12.2. The third kappa shape index (κ3) is 5.10. The molecule has 26 heavy (non-hydrogen) atoms. The number of nitrogens with zero attached hydrogens (tertiary/aromatic N) is 1. The van der Waals surface area contributed by atoms with E-state index in [4.69, 9.17) is 15.1 Å². The summed E-state index contributed by atoms with van der Waals surface area (Å²) in [5.41, 5.74) is 8.43. The van der Waals surface area contributed by atoms with Crippen molar-refractivity contribution in [3.05, 3.63) is 65.7 Å². The Labute approximate surface area is 155 Å². The van der Waals surface area contributed by atoms with Crippen LogP contribution in [0.25, 0.3) is 0 Å². The maximum Gasteiger partial charge on any atom is 0.338 e. The van der Waals surface area contributed by atoms with Gasteiger partial charge in [-0.3, -0.25) is 0 Å². The molecule has 6 heteroatoms. The Morgan fingerprint density at radius 1 is 1.12 bits per heavy atom. The fourth-order valence-corrected chi connectivity index (χ4v) is 3.21. The molecule has 1 fully saturated rings. The van der Waals surface area contributed by atoms with Gasteiger partial charge in [-0.05, 0) is 30.6 Å². The standard InChI is InChI=1S/C20H25BN2O3/c22-15-25-21-14-16-5-4-8-18(13-16)23-11-9-19(10-12-23)26-20(24)17-6-2-1-3-7-17/h1-8,13,19,21H,9-12,14-15,22H2. The zero-order chi connectivity index (χ0) is 18.2. The van der Waals surface area contributed by atoms with E-state index in [1.165, 1.54) is 11.3 Å². The monoisotopic (exact) mass is 352 g/mol. The number of benzene rings is 2. The van der Waals surface area contributed by atoms with Crippen LogP contribution in [-0.4, -0.2) is 39.4 Å². The van der Waals surface area contributed by atoms with E-state index in [0.29, 0.717) is 13.0 Å². The normalized spacial score (nSPS) is 14.9. The molecule has 2 N–H and O–H groups in total. The average Bonchev–Trinajstić information content (AvgIpc) is 2.70. The molecule has 2 aromatic carbocycles. The fraction of sp³-hybridized carbons (Fsp3) is 0.350. The Bertz CT molecular complexity index is 703. The minimum atomic E-state index is -0.231. The smallest absolute Gasteiger partial charge is 0.338 e. The molecule has 0 aromatic heterocycles. The first kappa shape index (κ1) is 18.5. The molecule has 136 valence electrons. The number of ether oxygens (including phenoxy) is 1. The molecule has 1 aliphatic heterocycles. The van der Waals surface area contributed by atoms with Crippen molar-refractivity contribution in [3.8, 4) is 0 Å². The third-order valence-electron chi connectivity index (χ3n) is 4.65. The minimum Gasteiger partial charge on any atom is -0.459 e. The Kier molecular flexibility index (Phi) is 6.69. The first-order valence-corrected chi connectivity index (χ1v) is 9.14. The average molecular weight is 352 g/mol. The molecular formula is C20H25BN2O3. The topological polar surface area (TPSA) is 64.8 Å². The van der Waals surface area contributed by atoms with Crippen molar-refractivity contribution in [2.75, 3.05) is 24.7 Å². The van der Waals surface area contributed by atoms with Crippen molar-refractivity contribution >= 4 is 19.1 Å². The summed E-state index contributed by atoms with van der Waals surface area (Å²) in [6.45, 7) is 2.03. The summed E-state index contributed by atoms with van der Waals surface area (Å²) in [5, 5.41) is 0. The molecule has 1 saturated heterocycles. The van der Waals surface area contributed by atoms with Gasteiger partial charge >= 0.3 is 5.97 Å². The number of esters is 1. The van der Waals surface area contributed by atoms with Gasteiger partial charge in [-0.15, -0.1) is 0 Å². The lowest BCUT2D eigenvalue weighted by Crippen LogP contribution is -2.38. The van der Waals surface area contributed by atoms with Gasteiger partial charge < -0.3 is 20.0 Å². The Morgan fingerprint density at radius 3 is 2.62 bits per heavy atom. The van der Waals surface area contributed by atoms with Crippen LogP contribution >= 0.6 is 0 Å². The molecule has 0 unspecified atom stereocenters. The van der Waals surface area contributed by atoms with Crippen LogP contribution < -0.4 is 10.6 Å². The molecule has 5 nitrogen and oxygen atoms in total. The van der Waals surface area contributed by atoms with Crippen molar-refractivity contribution in [1.82, 2.24) is 0 Å². The van der Waals surface area contributed by atoms with Crippen LogP contribution in [-0.2, 0) is 15.7 Å². The van der Waals surface area contributed by atoms with Crippen molar-refractivity contribution < 1.29 is 14.2 Å². The highest BCUT2D eigenvalue weighted by atomic mass is 16.5. The lowest BCUT2D eigenvalue weighted by molar-refractivity contribution is 0.0245. The molecule has 3 rings (SSSR count). The van der Waals surface area contributed by atoms with Crippen LogP contribution in [0.1, 0.15) is 28.8 Å². The molecule has 2 aromatic rings. The second kappa shape index (κ2) is 9.41. The van der Waals surface area contributed by atoms with E-state index < -0.39 is 0 Å². The van der Waals surface area contributed by atoms with Crippen molar-refractivity contribution in [1.29, 1.82) is 0 Å². The number of anilines is 1. The molecule has 0 radical (unpaired) electrons. The highest BCUT2D eigenvalue weighted by Gasteiger charge is 2.23. The summed E-state index contributed by atoms with van der Waals surface area (Å²) in [7, 11) is 0.636. The highest BCUT2D eigenvalue weighted by Crippen LogP contribution is 2.23. The number of hydrogen-bond donors (Lipinski definition) is 1. The molecule has 0 spiro atoms. The van der Waals surface area contributed by atoms with E-state index in [2.05, 4.69) is 29.2 Å². The number of nitrogens with two attached hydrogens (primary N) is 1. The van der Waals surface area contributed by atoms with Crippen LogP contribution in [0.15, 0.2) is 54.6 Å². The van der Waals surface area contributed by atoms with Gasteiger partial charge in [0.05, 0.1) is 12.3 Å². The molecule has 1 aliphatic rings. The summed E-state index contributed by atoms with van der Waals surface area (Å²) in [6.07, 6.45) is 2.54. The predicted octanol–water partition coefficient (Wildman–Crippen LogP) is 2.30. The number of piperidine rings is 1. The van der Waals surface area contributed by atoms with Gasteiger partial charge in [0.2, 0.25) is 0 Å². The fourth-order valence-electron chi connectivity index (χ4n) is 3.21. The van der Waals surface area contributed by atoms with Gasteiger partial charge in [0.1, 0.15) is 6.10 Å². The maximum atomic E-state index is 12.2. The van der Waals surface area contributed by atoms with E-state index in [1.54, 1.807) is 12.1 Å². The Morgan fingerprint density at radius 2 is 1.88 bits per heavy atom. The number of hydrogen-bond acceptors (Lipinski definition) is 5. The quantitative estimate of drug-likeness (QED) is 0.359. The molecule has 0 atom stereocenters. The van der Waals surface area contributed by atoms with E-state index in [-0.39, 0.29) is 18.8 Å². The molecule has 0 bridgehead atoms. The largest absolute Gasteiger partial charge is 0.459 e. The van der Waals surface area contributed by atoms with Gasteiger partial charge in [-0.25, -0.2) is 4.79 Å². The second-order valence-electron chi connectivity index (χ2n) is 6.45. The van der Waals surface area contributed by atoms with E-state index in [1.807, 2.05) is 18.2 Å². The Balaban J connectivity index is 1.50. The van der Waals surface area contributed by atoms with E-state index in [9.17, 15) is 4.79 Å². The van der Waals surface area contributed by atoms with E-state index >= 15 is 0 Å². The SMILES string of the molecule is NCOBCc1cccc(N2CCC(OC(=O)c3ccccc3)CC2)c1. The van der Waals surface area contributed by atoms with Crippen LogP contribution in [0.5, 0.6) is 0 Å². The van der Waals surface area contributed by atoms with Gasteiger partial charge in [-0.2, -0.15) is 0 Å². The van der Waals surface area contributed by atoms with Gasteiger partial charge in [0, 0.05) is 31.6 Å². The molecule has 0 amide bonds. The lowest BCUT2D eigenvalue weighted by atomic mass is 9.89. The summed E-state index contributed by atoms with van der Waals surface area (Å²) >= 11 is 0. The van der Waals surface area contributed by atoms with Gasteiger partial charge in [0.15, 0.2) is 0 Å². The number of carbonyl (C=O) groups excluding carboxylic acids is 1. The summed E-state index contributed by atoms with van der Waals surface area (Å²) in [5.74, 6) is -0.231. The number of rotatable bonds is 7. The predicted molar refractivity (Wildman–Crippen MR) is 105 cm³/mol. The van der Waals surface area contributed by atoms with Gasteiger partial charge in [-0.1, -0.05) is 35.9 Å². The first-order valence-electron chi connectivity index (χ1n) is 9.14. The first-order chi connectivity index (χ1) is 12.8. The summed E-state index contributed by atoms with van der Waals surface area (Å²) in [6, 6.07) is 17.7. The summed E-state index contributed by atoms with van der Waals surface area (Å²) < 4.78 is 10.9. The van der Waals surface area contributed by atoms with E-state index in [0.717, 1.165) is 32.3 Å². The molecule has 0 saturated carbocycles. The highest BCUT2D eigenvalue weighted by molar-refractivity contribution is 6.26. The van der Waals surface area contributed by atoms with Crippen molar-refractivity contribution in [2.45, 2.75) is 25.3 Å². The Hall–Kier alpha value is -2.31. The summed E-state index contributed by atoms with van der Waals surface area (Å²) in [4.78, 5) is 14.5. The number of carbonyl (C=O) groups is 1. The van der Waals surface area contributed by atoms with Crippen LogP contribution in [0.3, 0.4) is 0 Å². The molecular weight excluding hydrogens is 327 g/mol. The molecule has 1 heterocycles. The van der Waals surface area contributed by atoms with Crippen LogP contribution in [0.2, 0.25) is 0 Å². The van der Waals surface area contributed by atoms with Crippen LogP contribution in [0.4, 0.5) is 5.69 Å². The minimum absolute atomic E-state index is 0.0138. The second-order valence-corrected chi connectivity index (χ2v) is 6.45. The van der Waals surface area contributed by atoms with Crippen molar-refractivity contribution in [3.63, 3.8) is 0 Å². The third-order valence-corrected chi connectivity index (χ3v) is 4.65. The molecule has 0 aliphatic carbocycles. The lowest BCUT2D eigenvalue weighted by Gasteiger charge is -2.33. The van der Waals surface area contributed by atoms with Crippen LogP contribution in [0, 0.1) is 0 Å². The zero-order valence-electron chi connectivity index (χ0n) is 15.0. The van der Waals surface area contributed by atoms with Crippen molar-refractivity contribution in [2.24, 2.45) is 5.73 Å².